The van der Waals surface area contributed by atoms with Crippen LogP contribution in [0.5, 0.6) is 0 Å². The molecule has 0 atom stereocenters. The van der Waals surface area contributed by atoms with Crippen LogP contribution < -0.4 is 16.1 Å². The summed E-state index contributed by atoms with van der Waals surface area (Å²) in [6.45, 7) is 3.67. The summed E-state index contributed by atoms with van der Waals surface area (Å²) in [5, 5.41) is 5.72. The molecule has 144 valence electrons. The minimum absolute atomic E-state index is 0.490. The summed E-state index contributed by atoms with van der Waals surface area (Å²) in [6.07, 6.45) is 8.80. The number of anilines is 1. The maximum absolute atomic E-state index is 6.19. The summed E-state index contributed by atoms with van der Waals surface area (Å²) in [7, 11) is 0. The van der Waals surface area contributed by atoms with Crippen LogP contribution in [-0.2, 0) is 0 Å². The average molecular weight is 375 g/mol. The van der Waals surface area contributed by atoms with Crippen molar-refractivity contribution in [3.63, 3.8) is 0 Å². The predicted octanol–water partition coefficient (Wildman–Crippen LogP) is 2.57. The van der Waals surface area contributed by atoms with Gasteiger partial charge < -0.3 is 16.1 Å². The van der Waals surface area contributed by atoms with Gasteiger partial charge in [0.2, 0.25) is 0 Å². The van der Waals surface area contributed by atoms with E-state index in [1.807, 2.05) is 12.1 Å². The van der Waals surface area contributed by atoms with E-state index in [2.05, 4.69) is 38.2 Å². The lowest BCUT2D eigenvalue weighted by Crippen LogP contribution is -2.49. The van der Waals surface area contributed by atoms with Crippen LogP contribution in [-0.4, -0.2) is 45.8 Å². The number of aromatic nitrogens is 4. The fraction of sp³-hybridized carbons (Fsp3) is 0.381. The van der Waals surface area contributed by atoms with E-state index in [0.717, 1.165) is 67.3 Å². The van der Waals surface area contributed by atoms with Crippen molar-refractivity contribution in [2.75, 3.05) is 36.9 Å². The maximum Gasteiger partial charge on any atom is 0.180 e. The van der Waals surface area contributed by atoms with Crippen LogP contribution >= 0.6 is 0 Å². The lowest BCUT2D eigenvalue weighted by molar-refractivity contribution is 0.499. The van der Waals surface area contributed by atoms with Crippen LogP contribution in [0.3, 0.4) is 0 Å². The van der Waals surface area contributed by atoms with Crippen molar-refractivity contribution < 1.29 is 0 Å². The van der Waals surface area contributed by atoms with Gasteiger partial charge in [0.15, 0.2) is 11.5 Å². The van der Waals surface area contributed by atoms with Gasteiger partial charge in [0.05, 0.1) is 11.3 Å². The van der Waals surface area contributed by atoms with Gasteiger partial charge >= 0.3 is 0 Å². The Bertz CT molecular complexity index is 1030. The van der Waals surface area contributed by atoms with Gasteiger partial charge in [-0.15, -0.1) is 0 Å². The minimum Gasteiger partial charge on any atom is -0.383 e. The molecule has 3 aromatic heterocycles. The molecule has 7 heteroatoms. The number of nitrogen functional groups attached to an aromatic ring is 1. The number of nitrogens with one attached hydrogen (secondary N) is 1. The smallest absolute Gasteiger partial charge is 0.180 e. The summed E-state index contributed by atoms with van der Waals surface area (Å²) >= 11 is 0. The fourth-order valence-corrected chi connectivity index (χ4v) is 4.10. The van der Waals surface area contributed by atoms with Gasteiger partial charge in [-0.2, -0.15) is 0 Å². The number of piperazine rings is 1. The Morgan fingerprint density at radius 1 is 1.04 bits per heavy atom. The first-order chi connectivity index (χ1) is 13.8. The molecule has 2 aliphatic rings. The van der Waals surface area contributed by atoms with Gasteiger partial charge in [0.1, 0.15) is 11.3 Å². The molecule has 5 rings (SSSR count). The molecule has 7 nitrogen and oxygen atoms in total. The third kappa shape index (κ3) is 3.01. The van der Waals surface area contributed by atoms with Crippen molar-refractivity contribution >= 4 is 22.6 Å². The van der Waals surface area contributed by atoms with Gasteiger partial charge in [0.25, 0.3) is 0 Å². The van der Waals surface area contributed by atoms with Crippen LogP contribution in [0.25, 0.3) is 28.1 Å². The highest BCUT2D eigenvalue weighted by Crippen LogP contribution is 2.30. The Morgan fingerprint density at radius 2 is 1.93 bits per heavy atom. The summed E-state index contributed by atoms with van der Waals surface area (Å²) < 4.78 is 2.15. The Morgan fingerprint density at radius 3 is 2.71 bits per heavy atom. The maximum atomic E-state index is 6.19. The van der Waals surface area contributed by atoms with Crippen molar-refractivity contribution in [1.82, 2.24) is 24.9 Å². The second kappa shape index (κ2) is 7.24. The SMILES string of the molecule is Nc1ncccc1-c1nc2ccc(C3=CCCCC3)nc2n1N1CCNCC1. The molecule has 28 heavy (non-hydrogen) atoms. The van der Waals surface area contributed by atoms with Crippen LogP contribution in [0.2, 0.25) is 0 Å². The molecular formula is C21H25N7. The molecule has 4 heterocycles. The molecule has 1 saturated heterocycles. The van der Waals surface area contributed by atoms with Gasteiger partial charge in [-0.1, -0.05) is 6.08 Å². The highest BCUT2D eigenvalue weighted by molar-refractivity contribution is 5.82. The molecule has 0 unspecified atom stereocenters. The van der Waals surface area contributed by atoms with Gasteiger partial charge in [-0.25, -0.2) is 19.6 Å². The van der Waals surface area contributed by atoms with Gasteiger partial charge in [-0.3, -0.25) is 0 Å². The van der Waals surface area contributed by atoms with E-state index < -0.39 is 0 Å². The van der Waals surface area contributed by atoms with Crippen molar-refractivity contribution in [2.45, 2.75) is 25.7 Å². The molecule has 0 aromatic carbocycles. The third-order valence-corrected chi connectivity index (χ3v) is 5.56. The summed E-state index contributed by atoms with van der Waals surface area (Å²) in [6, 6.07) is 8.07. The van der Waals surface area contributed by atoms with Crippen molar-refractivity contribution in [3.05, 3.63) is 42.2 Å². The Hall–Kier alpha value is -2.93. The second-order valence-corrected chi connectivity index (χ2v) is 7.40. The number of nitrogens with two attached hydrogens (primary N) is 1. The van der Waals surface area contributed by atoms with Crippen molar-refractivity contribution in [2.24, 2.45) is 0 Å². The zero-order valence-corrected chi connectivity index (χ0v) is 15.9. The summed E-state index contributed by atoms with van der Waals surface area (Å²) in [4.78, 5) is 14.2. The molecule has 3 aromatic rings. The quantitative estimate of drug-likeness (QED) is 0.732. The van der Waals surface area contributed by atoms with E-state index in [4.69, 9.17) is 15.7 Å². The van der Waals surface area contributed by atoms with E-state index in [0.29, 0.717) is 5.82 Å². The molecule has 0 bridgehead atoms. The minimum atomic E-state index is 0.490. The summed E-state index contributed by atoms with van der Waals surface area (Å²) in [5.41, 5.74) is 11.2. The lowest BCUT2D eigenvalue weighted by Gasteiger charge is -2.31. The first-order valence-electron chi connectivity index (χ1n) is 10.1. The number of hydrogen-bond donors (Lipinski definition) is 2. The van der Waals surface area contributed by atoms with Crippen LogP contribution in [0.15, 0.2) is 36.5 Å². The molecule has 0 radical (unpaired) electrons. The number of allylic oxidation sites excluding steroid dienone is 2. The van der Waals surface area contributed by atoms with Crippen molar-refractivity contribution in [1.29, 1.82) is 0 Å². The molecule has 0 amide bonds. The van der Waals surface area contributed by atoms with E-state index in [-0.39, 0.29) is 0 Å². The highest BCUT2D eigenvalue weighted by atomic mass is 15.6. The standard InChI is InChI=1S/C21H25N7/c22-19-16(7-4-10-24-19)20-26-18-9-8-17(15-5-2-1-3-6-15)25-21(18)28(20)27-13-11-23-12-14-27/h4-5,7-10,23H,1-3,6,11-14H2,(H2,22,24). The van der Waals surface area contributed by atoms with E-state index in [1.165, 1.54) is 18.4 Å². The predicted molar refractivity (Wildman–Crippen MR) is 112 cm³/mol. The second-order valence-electron chi connectivity index (χ2n) is 7.40. The first kappa shape index (κ1) is 17.2. The fourth-order valence-electron chi connectivity index (χ4n) is 4.10. The lowest BCUT2D eigenvalue weighted by atomic mass is 9.97. The van der Waals surface area contributed by atoms with E-state index >= 15 is 0 Å². The molecule has 1 fully saturated rings. The van der Waals surface area contributed by atoms with E-state index in [1.54, 1.807) is 6.20 Å². The third-order valence-electron chi connectivity index (χ3n) is 5.56. The average Bonchev–Trinajstić information content (AvgIpc) is 3.14. The van der Waals surface area contributed by atoms with Gasteiger partial charge in [0, 0.05) is 32.4 Å². The Kier molecular flexibility index (Phi) is 4.44. The van der Waals surface area contributed by atoms with Crippen LogP contribution in [0.4, 0.5) is 5.82 Å². The highest BCUT2D eigenvalue weighted by Gasteiger charge is 2.22. The molecule has 3 N–H and O–H groups in total. The largest absolute Gasteiger partial charge is 0.383 e. The summed E-state index contributed by atoms with van der Waals surface area (Å²) in [5.74, 6) is 1.30. The number of nitrogens with zero attached hydrogens (tertiary/aromatic N) is 5. The molecule has 0 saturated carbocycles. The zero-order chi connectivity index (χ0) is 18.9. The van der Waals surface area contributed by atoms with Crippen LogP contribution in [0.1, 0.15) is 31.4 Å². The number of rotatable bonds is 3. The topological polar surface area (TPSA) is 84.9 Å². The first-order valence-corrected chi connectivity index (χ1v) is 10.1. The monoisotopic (exact) mass is 375 g/mol. The Balaban J connectivity index is 1.70. The molecule has 0 spiro atoms. The van der Waals surface area contributed by atoms with Crippen molar-refractivity contribution in [3.8, 4) is 11.4 Å². The van der Waals surface area contributed by atoms with Crippen LogP contribution in [0, 0.1) is 0 Å². The molecule has 1 aliphatic heterocycles. The Labute approximate surface area is 164 Å². The zero-order valence-electron chi connectivity index (χ0n) is 15.9. The van der Waals surface area contributed by atoms with E-state index in [9.17, 15) is 0 Å². The molecular weight excluding hydrogens is 350 g/mol. The number of pyridine rings is 2. The molecule has 1 aliphatic carbocycles. The number of imidazole rings is 1. The van der Waals surface area contributed by atoms with Gasteiger partial charge in [-0.05, 0) is 55.5 Å². The normalized spacial score (nSPS) is 17.7. The number of fused-ring (bicyclic) bond motifs is 1. The number of hydrogen-bond acceptors (Lipinski definition) is 6.